The Labute approximate surface area is 94.4 Å². The van der Waals surface area contributed by atoms with Crippen molar-refractivity contribution in [3.8, 4) is 0 Å². The van der Waals surface area contributed by atoms with Crippen LogP contribution < -0.4 is 5.32 Å². The Hall–Kier alpha value is -0.0800. The van der Waals surface area contributed by atoms with Crippen molar-refractivity contribution in [1.29, 1.82) is 0 Å². The molecule has 0 amide bonds. The standard InChI is InChI=1S/C13H26N2/c1-10-6-14-7-11(2)9-15(8-10)12(3)13-4-5-13/h10-14H,4-9H2,1-3H3. The van der Waals surface area contributed by atoms with Crippen molar-refractivity contribution in [2.75, 3.05) is 26.2 Å². The molecule has 0 aromatic heterocycles. The minimum absolute atomic E-state index is 0.804. The Morgan fingerprint density at radius 2 is 1.60 bits per heavy atom. The van der Waals surface area contributed by atoms with Crippen LogP contribution >= 0.6 is 0 Å². The molecule has 2 nitrogen and oxygen atoms in total. The second kappa shape index (κ2) is 4.84. The van der Waals surface area contributed by atoms with Gasteiger partial charge in [0.1, 0.15) is 0 Å². The first-order chi connectivity index (χ1) is 7.16. The van der Waals surface area contributed by atoms with E-state index in [9.17, 15) is 0 Å². The molecule has 1 aliphatic heterocycles. The number of nitrogens with one attached hydrogen (secondary N) is 1. The van der Waals surface area contributed by atoms with E-state index in [1.54, 1.807) is 0 Å². The molecule has 1 saturated carbocycles. The zero-order valence-corrected chi connectivity index (χ0v) is 10.5. The highest BCUT2D eigenvalue weighted by molar-refractivity contribution is 4.87. The minimum atomic E-state index is 0.804. The van der Waals surface area contributed by atoms with Crippen molar-refractivity contribution < 1.29 is 0 Å². The largest absolute Gasteiger partial charge is 0.316 e. The zero-order chi connectivity index (χ0) is 10.8. The van der Waals surface area contributed by atoms with Crippen LogP contribution in [0.25, 0.3) is 0 Å². The lowest BCUT2D eigenvalue weighted by atomic mass is 10.0. The summed E-state index contributed by atoms with van der Waals surface area (Å²) < 4.78 is 0. The molecule has 3 atom stereocenters. The summed E-state index contributed by atoms with van der Waals surface area (Å²) >= 11 is 0. The maximum Gasteiger partial charge on any atom is 0.00954 e. The number of hydrogen-bond acceptors (Lipinski definition) is 2. The molecule has 1 heterocycles. The summed E-state index contributed by atoms with van der Waals surface area (Å²) in [5, 5.41) is 3.56. The molecule has 0 bridgehead atoms. The fourth-order valence-electron chi connectivity index (χ4n) is 2.79. The fraction of sp³-hybridized carbons (Fsp3) is 1.00. The van der Waals surface area contributed by atoms with Gasteiger partial charge < -0.3 is 5.32 Å². The van der Waals surface area contributed by atoms with Gasteiger partial charge in [0.2, 0.25) is 0 Å². The van der Waals surface area contributed by atoms with Crippen LogP contribution in [0.15, 0.2) is 0 Å². The van der Waals surface area contributed by atoms with Gasteiger partial charge in [-0.3, -0.25) is 4.90 Å². The third-order valence-electron chi connectivity index (χ3n) is 3.96. The first-order valence-electron chi connectivity index (χ1n) is 6.61. The van der Waals surface area contributed by atoms with Gasteiger partial charge in [0, 0.05) is 19.1 Å². The Kier molecular flexibility index (Phi) is 3.68. The Bertz CT molecular complexity index is 189. The van der Waals surface area contributed by atoms with Crippen molar-refractivity contribution in [3.63, 3.8) is 0 Å². The molecule has 0 aromatic carbocycles. The first-order valence-corrected chi connectivity index (χ1v) is 6.61. The summed E-state index contributed by atoms with van der Waals surface area (Å²) in [6, 6.07) is 0.827. The number of nitrogens with zero attached hydrogens (tertiary/aromatic N) is 1. The molecule has 0 radical (unpaired) electrons. The molecule has 1 saturated heterocycles. The molecule has 2 rings (SSSR count). The number of hydrogen-bond donors (Lipinski definition) is 1. The van der Waals surface area contributed by atoms with E-state index in [2.05, 4.69) is 31.0 Å². The summed E-state index contributed by atoms with van der Waals surface area (Å²) in [5.41, 5.74) is 0. The van der Waals surface area contributed by atoms with E-state index in [1.165, 1.54) is 39.0 Å². The molecule has 15 heavy (non-hydrogen) atoms. The SMILES string of the molecule is CC1CNCC(C)CN(C(C)C2CC2)C1. The molecular formula is C13H26N2. The van der Waals surface area contributed by atoms with Gasteiger partial charge in [0.15, 0.2) is 0 Å². The monoisotopic (exact) mass is 210 g/mol. The van der Waals surface area contributed by atoms with Crippen molar-refractivity contribution in [2.24, 2.45) is 17.8 Å². The second-order valence-electron chi connectivity index (χ2n) is 5.90. The Morgan fingerprint density at radius 1 is 1.07 bits per heavy atom. The Balaban J connectivity index is 1.92. The van der Waals surface area contributed by atoms with Crippen LogP contribution in [-0.2, 0) is 0 Å². The predicted molar refractivity (Wildman–Crippen MR) is 65.0 cm³/mol. The molecule has 88 valence electrons. The third-order valence-corrected chi connectivity index (χ3v) is 3.96. The summed E-state index contributed by atoms with van der Waals surface area (Å²) in [6.07, 6.45) is 2.94. The molecule has 0 aromatic rings. The quantitative estimate of drug-likeness (QED) is 0.749. The first kappa shape index (κ1) is 11.4. The molecule has 2 heteroatoms. The predicted octanol–water partition coefficient (Wildman–Crippen LogP) is 1.96. The van der Waals surface area contributed by atoms with E-state index in [0.29, 0.717) is 0 Å². The van der Waals surface area contributed by atoms with Crippen molar-refractivity contribution in [3.05, 3.63) is 0 Å². The summed E-state index contributed by atoms with van der Waals surface area (Å²) in [5.74, 6) is 2.62. The normalized spacial score (nSPS) is 37.0. The molecule has 1 aliphatic carbocycles. The molecular weight excluding hydrogens is 184 g/mol. The molecule has 2 aliphatic rings. The van der Waals surface area contributed by atoms with Crippen molar-refractivity contribution in [1.82, 2.24) is 10.2 Å². The topological polar surface area (TPSA) is 15.3 Å². The van der Waals surface area contributed by atoms with Gasteiger partial charge in [-0.1, -0.05) is 13.8 Å². The van der Waals surface area contributed by atoms with Gasteiger partial charge in [-0.05, 0) is 50.6 Å². The van der Waals surface area contributed by atoms with E-state index < -0.39 is 0 Å². The third kappa shape index (κ3) is 3.18. The lowest BCUT2D eigenvalue weighted by Crippen LogP contribution is -2.46. The van der Waals surface area contributed by atoms with Crippen LogP contribution in [0.3, 0.4) is 0 Å². The Morgan fingerprint density at radius 3 is 2.07 bits per heavy atom. The average Bonchev–Trinajstić information content (AvgIpc) is 2.96. The fourth-order valence-corrected chi connectivity index (χ4v) is 2.79. The summed E-state index contributed by atoms with van der Waals surface area (Å²) in [7, 11) is 0. The number of rotatable bonds is 2. The van der Waals surface area contributed by atoms with E-state index in [0.717, 1.165) is 23.8 Å². The van der Waals surface area contributed by atoms with Crippen LogP contribution in [-0.4, -0.2) is 37.1 Å². The maximum atomic E-state index is 3.56. The highest BCUT2D eigenvalue weighted by Gasteiger charge is 2.33. The average molecular weight is 210 g/mol. The van der Waals surface area contributed by atoms with Crippen LogP contribution in [0.5, 0.6) is 0 Å². The minimum Gasteiger partial charge on any atom is -0.316 e. The highest BCUT2D eigenvalue weighted by Crippen LogP contribution is 2.35. The summed E-state index contributed by atoms with van der Waals surface area (Å²) in [4.78, 5) is 2.74. The van der Waals surface area contributed by atoms with E-state index >= 15 is 0 Å². The van der Waals surface area contributed by atoms with Crippen LogP contribution in [0.1, 0.15) is 33.6 Å². The van der Waals surface area contributed by atoms with Gasteiger partial charge in [0.25, 0.3) is 0 Å². The van der Waals surface area contributed by atoms with Crippen LogP contribution in [0.2, 0.25) is 0 Å². The van der Waals surface area contributed by atoms with Gasteiger partial charge in [-0.2, -0.15) is 0 Å². The van der Waals surface area contributed by atoms with Crippen molar-refractivity contribution >= 4 is 0 Å². The molecule has 2 fully saturated rings. The molecule has 0 spiro atoms. The van der Waals surface area contributed by atoms with Gasteiger partial charge in [-0.25, -0.2) is 0 Å². The van der Waals surface area contributed by atoms with E-state index in [4.69, 9.17) is 0 Å². The smallest absolute Gasteiger partial charge is 0.00954 e. The lowest BCUT2D eigenvalue weighted by Gasteiger charge is -2.36. The van der Waals surface area contributed by atoms with Crippen LogP contribution in [0, 0.1) is 17.8 Å². The maximum absolute atomic E-state index is 3.56. The van der Waals surface area contributed by atoms with Gasteiger partial charge in [0.05, 0.1) is 0 Å². The summed E-state index contributed by atoms with van der Waals surface area (Å²) in [6.45, 7) is 12.1. The molecule has 1 N–H and O–H groups in total. The van der Waals surface area contributed by atoms with Crippen molar-refractivity contribution in [2.45, 2.75) is 39.7 Å². The second-order valence-corrected chi connectivity index (χ2v) is 5.90. The zero-order valence-electron chi connectivity index (χ0n) is 10.5. The van der Waals surface area contributed by atoms with Gasteiger partial charge >= 0.3 is 0 Å². The van der Waals surface area contributed by atoms with E-state index in [-0.39, 0.29) is 0 Å². The van der Waals surface area contributed by atoms with Crippen LogP contribution in [0.4, 0.5) is 0 Å². The lowest BCUT2D eigenvalue weighted by molar-refractivity contribution is 0.129. The van der Waals surface area contributed by atoms with Gasteiger partial charge in [-0.15, -0.1) is 0 Å². The highest BCUT2D eigenvalue weighted by atomic mass is 15.2. The van der Waals surface area contributed by atoms with E-state index in [1.807, 2.05) is 0 Å². The molecule has 3 unspecified atom stereocenters.